The van der Waals surface area contributed by atoms with Gasteiger partial charge in [0.1, 0.15) is 0 Å². The Morgan fingerprint density at radius 3 is 3.05 bits per heavy atom. The Bertz CT molecular complexity index is 460. The zero-order valence-electron chi connectivity index (χ0n) is 12.0. The van der Waals surface area contributed by atoms with Crippen molar-refractivity contribution < 1.29 is 4.74 Å². The van der Waals surface area contributed by atoms with Crippen LogP contribution in [-0.2, 0) is 6.54 Å². The van der Waals surface area contributed by atoms with Gasteiger partial charge in [0.15, 0.2) is 0 Å². The van der Waals surface area contributed by atoms with Crippen molar-refractivity contribution in [3.05, 3.63) is 23.9 Å². The molecule has 4 nitrogen and oxygen atoms in total. The smallest absolute Gasteiger partial charge is 0.217 e. The molecule has 104 valence electrons. The van der Waals surface area contributed by atoms with Crippen LogP contribution in [0.25, 0.3) is 0 Å². The van der Waals surface area contributed by atoms with E-state index in [1.807, 2.05) is 6.07 Å². The Morgan fingerprint density at radius 1 is 1.47 bits per heavy atom. The van der Waals surface area contributed by atoms with Gasteiger partial charge in [-0.25, -0.2) is 4.98 Å². The third-order valence-corrected chi connectivity index (χ3v) is 4.92. The van der Waals surface area contributed by atoms with E-state index in [4.69, 9.17) is 4.74 Å². The molecule has 19 heavy (non-hydrogen) atoms. The quantitative estimate of drug-likeness (QED) is 0.895. The van der Waals surface area contributed by atoms with Crippen molar-refractivity contribution in [2.75, 3.05) is 26.7 Å². The Kier molecular flexibility index (Phi) is 3.23. The predicted octanol–water partition coefficient (Wildman–Crippen LogP) is 1.52. The number of nitrogens with one attached hydrogen (secondary N) is 1. The van der Waals surface area contributed by atoms with Crippen molar-refractivity contribution in [2.45, 2.75) is 25.9 Å². The van der Waals surface area contributed by atoms with E-state index in [2.05, 4.69) is 35.1 Å². The fraction of sp³-hybridized carbons (Fsp3) is 0.667. The molecule has 0 radical (unpaired) electrons. The summed E-state index contributed by atoms with van der Waals surface area (Å²) >= 11 is 0. The number of hydrogen-bond acceptors (Lipinski definition) is 4. The molecule has 0 bridgehead atoms. The fourth-order valence-corrected chi connectivity index (χ4v) is 3.71. The van der Waals surface area contributed by atoms with Crippen molar-refractivity contribution in [3.63, 3.8) is 0 Å². The van der Waals surface area contributed by atoms with Gasteiger partial charge in [-0.15, -0.1) is 0 Å². The van der Waals surface area contributed by atoms with E-state index in [1.165, 1.54) is 12.1 Å². The molecule has 3 heterocycles. The van der Waals surface area contributed by atoms with Crippen LogP contribution in [-0.4, -0.2) is 42.2 Å². The van der Waals surface area contributed by atoms with Crippen molar-refractivity contribution in [3.8, 4) is 5.88 Å². The summed E-state index contributed by atoms with van der Waals surface area (Å²) in [5.74, 6) is 2.31. The minimum Gasteiger partial charge on any atom is -0.481 e. The molecule has 0 amide bonds. The topological polar surface area (TPSA) is 37.4 Å². The minimum absolute atomic E-state index is 0.245. The van der Waals surface area contributed by atoms with E-state index in [-0.39, 0.29) is 5.54 Å². The lowest BCUT2D eigenvalue weighted by Gasteiger charge is -2.35. The van der Waals surface area contributed by atoms with Gasteiger partial charge in [-0.2, -0.15) is 0 Å². The molecule has 4 heteroatoms. The molecule has 0 aromatic carbocycles. The normalized spacial score (nSPS) is 29.4. The Balaban J connectivity index is 1.80. The molecule has 0 aliphatic carbocycles. The SMILES string of the molecule is COc1ncccc1CN1CC2CNCC2C1(C)C. The molecule has 2 saturated heterocycles. The number of nitrogens with zero attached hydrogens (tertiary/aromatic N) is 2. The predicted molar refractivity (Wildman–Crippen MR) is 75.1 cm³/mol. The Labute approximate surface area is 115 Å². The maximum atomic E-state index is 5.37. The first-order valence-electron chi connectivity index (χ1n) is 7.06. The van der Waals surface area contributed by atoms with Crippen LogP contribution in [0.1, 0.15) is 19.4 Å². The molecular weight excluding hydrogens is 238 g/mol. The largest absolute Gasteiger partial charge is 0.481 e. The number of methoxy groups -OCH3 is 1. The van der Waals surface area contributed by atoms with Crippen molar-refractivity contribution in [1.82, 2.24) is 15.2 Å². The average molecular weight is 261 g/mol. The fourth-order valence-electron chi connectivity index (χ4n) is 3.71. The van der Waals surface area contributed by atoms with Crippen LogP contribution in [0.15, 0.2) is 18.3 Å². The van der Waals surface area contributed by atoms with Crippen LogP contribution in [0.4, 0.5) is 0 Å². The summed E-state index contributed by atoms with van der Waals surface area (Å²) in [4.78, 5) is 6.88. The van der Waals surface area contributed by atoms with Crippen molar-refractivity contribution >= 4 is 0 Å². The first kappa shape index (κ1) is 12.9. The molecular formula is C15H23N3O. The second kappa shape index (κ2) is 4.76. The highest BCUT2D eigenvalue weighted by atomic mass is 16.5. The Morgan fingerprint density at radius 2 is 2.32 bits per heavy atom. The van der Waals surface area contributed by atoms with E-state index in [0.29, 0.717) is 0 Å². The summed E-state index contributed by atoms with van der Waals surface area (Å²) in [5, 5.41) is 3.52. The zero-order valence-corrected chi connectivity index (χ0v) is 12.0. The van der Waals surface area contributed by atoms with Gasteiger partial charge in [0.05, 0.1) is 7.11 Å². The molecule has 2 aliphatic heterocycles. The molecule has 2 aliphatic rings. The van der Waals surface area contributed by atoms with E-state index < -0.39 is 0 Å². The minimum atomic E-state index is 0.245. The highest BCUT2D eigenvalue weighted by molar-refractivity contribution is 5.26. The van der Waals surface area contributed by atoms with Crippen LogP contribution in [0.2, 0.25) is 0 Å². The summed E-state index contributed by atoms with van der Waals surface area (Å²) in [6.07, 6.45) is 1.79. The maximum absolute atomic E-state index is 5.37. The molecule has 1 N–H and O–H groups in total. The van der Waals surface area contributed by atoms with E-state index in [9.17, 15) is 0 Å². The van der Waals surface area contributed by atoms with Gasteiger partial charge in [-0.05, 0) is 38.3 Å². The van der Waals surface area contributed by atoms with Gasteiger partial charge in [0.25, 0.3) is 0 Å². The van der Waals surface area contributed by atoms with Gasteiger partial charge in [0, 0.05) is 36.9 Å². The molecule has 0 spiro atoms. The standard InChI is InChI=1S/C15H23N3O/c1-15(2)13-8-16-7-12(13)10-18(15)9-11-5-4-6-17-14(11)19-3/h4-6,12-13,16H,7-10H2,1-3H3. The monoisotopic (exact) mass is 261 g/mol. The number of fused-ring (bicyclic) bond motifs is 1. The third-order valence-electron chi connectivity index (χ3n) is 4.92. The number of hydrogen-bond donors (Lipinski definition) is 1. The molecule has 2 unspecified atom stereocenters. The van der Waals surface area contributed by atoms with E-state index >= 15 is 0 Å². The van der Waals surface area contributed by atoms with E-state index in [0.717, 1.165) is 37.4 Å². The van der Waals surface area contributed by atoms with Gasteiger partial charge >= 0.3 is 0 Å². The van der Waals surface area contributed by atoms with Gasteiger partial charge < -0.3 is 10.1 Å². The van der Waals surface area contributed by atoms with Crippen LogP contribution in [0.5, 0.6) is 5.88 Å². The second-order valence-electron chi connectivity index (χ2n) is 6.23. The molecule has 2 fully saturated rings. The highest BCUT2D eigenvalue weighted by Gasteiger charge is 2.49. The average Bonchev–Trinajstić information content (AvgIpc) is 2.94. The molecule has 1 aromatic rings. The summed E-state index contributed by atoms with van der Waals surface area (Å²) in [7, 11) is 1.69. The Hall–Kier alpha value is -1.13. The van der Waals surface area contributed by atoms with Gasteiger partial charge in [0.2, 0.25) is 5.88 Å². The lowest BCUT2D eigenvalue weighted by Crippen LogP contribution is -2.43. The summed E-state index contributed by atoms with van der Waals surface area (Å²) in [6.45, 7) is 9.15. The molecule has 3 rings (SSSR count). The summed E-state index contributed by atoms with van der Waals surface area (Å²) < 4.78 is 5.37. The molecule has 0 saturated carbocycles. The number of rotatable bonds is 3. The van der Waals surface area contributed by atoms with Crippen LogP contribution < -0.4 is 10.1 Å². The number of likely N-dealkylation sites (tertiary alicyclic amines) is 1. The van der Waals surface area contributed by atoms with Crippen LogP contribution >= 0.6 is 0 Å². The highest BCUT2D eigenvalue weighted by Crippen LogP contribution is 2.41. The summed E-state index contributed by atoms with van der Waals surface area (Å²) in [5.41, 5.74) is 1.43. The number of aromatic nitrogens is 1. The lowest BCUT2D eigenvalue weighted by molar-refractivity contribution is 0.130. The second-order valence-corrected chi connectivity index (χ2v) is 6.23. The lowest BCUT2D eigenvalue weighted by atomic mass is 9.85. The first-order chi connectivity index (χ1) is 9.13. The molecule has 2 atom stereocenters. The van der Waals surface area contributed by atoms with E-state index in [1.54, 1.807) is 13.3 Å². The van der Waals surface area contributed by atoms with Gasteiger partial charge in [-0.1, -0.05) is 6.07 Å². The zero-order chi connectivity index (χ0) is 13.5. The van der Waals surface area contributed by atoms with Crippen molar-refractivity contribution in [2.24, 2.45) is 11.8 Å². The van der Waals surface area contributed by atoms with Crippen molar-refractivity contribution in [1.29, 1.82) is 0 Å². The summed E-state index contributed by atoms with van der Waals surface area (Å²) in [6, 6.07) is 4.11. The third kappa shape index (κ3) is 2.13. The number of pyridine rings is 1. The van der Waals surface area contributed by atoms with Crippen LogP contribution in [0, 0.1) is 11.8 Å². The first-order valence-corrected chi connectivity index (χ1v) is 7.06. The number of ether oxygens (including phenoxy) is 1. The van der Waals surface area contributed by atoms with Gasteiger partial charge in [-0.3, -0.25) is 4.90 Å². The maximum Gasteiger partial charge on any atom is 0.217 e. The van der Waals surface area contributed by atoms with Crippen LogP contribution in [0.3, 0.4) is 0 Å². The molecule has 1 aromatic heterocycles.